The van der Waals surface area contributed by atoms with Crippen molar-refractivity contribution in [3.8, 4) is 11.3 Å². The van der Waals surface area contributed by atoms with Gasteiger partial charge in [0.25, 0.3) is 0 Å². The Balaban J connectivity index is 0.00000312. The number of nitrogens with one attached hydrogen (secondary N) is 2. The van der Waals surface area contributed by atoms with Crippen LogP contribution in [-0.4, -0.2) is 37.7 Å². The van der Waals surface area contributed by atoms with E-state index >= 15 is 0 Å². The second kappa shape index (κ2) is 11.2. The normalized spacial score (nSPS) is 10.4. The van der Waals surface area contributed by atoms with Crippen molar-refractivity contribution in [2.75, 3.05) is 32.1 Å². The fourth-order valence-electron chi connectivity index (χ4n) is 2.38. The Hall–Kier alpha value is -1.47. The summed E-state index contributed by atoms with van der Waals surface area (Å²) in [5, 5.41) is 6.50. The third-order valence-corrected chi connectivity index (χ3v) is 4.46. The van der Waals surface area contributed by atoms with E-state index in [4.69, 9.17) is 4.74 Å². The summed E-state index contributed by atoms with van der Waals surface area (Å²) >= 11 is 1.50. The molecule has 0 spiro atoms. The summed E-state index contributed by atoms with van der Waals surface area (Å²) < 4.78 is 4.93. The van der Waals surface area contributed by atoms with E-state index in [1.165, 1.54) is 16.9 Å². The molecule has 7 heteroatoms. The van der Waals surface area contributed by atoms with Crippen LogP contribution < -0.4 is 10.6 Å². The molecule has 0 saturated carbocycles. The van der Waals surface area contributed by atoms with Crippen molar-refractivity contribution < 1.29 is 9.53 Å². The van der Waals surface area contributed by atoms with E-state index in [9.17, 15) is 4.79 Å². The summed E-state index contributed by atoms with van der Waals surface area (Å²) in [4.78, 5) is 17.6. The Bertz CT molecular complexity index is 659. The van der Waals surface area contributed by atoms with E-state index in [1.54, 1.807) is 7.11 Å². The van der Waals surface area contributed by atoms with Crippen LogP contribution in [-0.2, 0) is 16.0 Å². The van der Waals surface area contributed by atoms with Gasteiger partial charge in [0, 0.05) is 24.1 Å². The molecule has 0 atom stereocenters. The van der Waals surface area contributed by atoms with Crippen molar-refractivity contribution in [2.45, 2.75) is 26.7 Å². The zero-order chi connectivity index (χ0) is 17.4. The SMILES string of the molecule is CCCc1ccc(-c2nc(NC(=O)CNCCOC)sc2C)cc1.Cl. The maximum Gasteiger partial charge on any atom is 0.240 e. The molecule has 0 aliphatic rings. The first kappa shape index (κ1) is 21.6. The smallest absolute Gasteiger partial charge is 0.240 e. The predicted molar refractivity (Wildman–Crippen MR) is 107 cm³/mol. The standard InChI is InChI=1S/C18H25N3O2S.ClH/c1-4-5-14-6-8-15(9-7-14)17-13(2)24-18(21-17)20-16(22)12-19-10-11-23-3;/h6-9,19H,4-5,10-12H2,1-3H3,(H,20,21,22);1H. The lowest BCUT2D eigenvalue weighted by atomic mass is 10.1. The lowest BCUT2D eigenvalue weighted by molar-refractivity contribution is -0.115. The minimum atomic E-state index is -0.0929. The average molecular weight is 384 g/mol. The van der Waals surface area contributed by atoms with Crippen molar-refractivity contribution in [2.24, 2.45) is 0 Å². The Morgan fingerprint density at radius 1 is 1.28 bits per heavy atom. The molecule has 1 aromatic carbocycles. The van der Waals surface area contributed by atoms with Gasteiger partial charge in [0.2, 0.25) is 5.91 Å². The maximum absolute atomic E-state index is 11.9. The van der Waals surface area contributed by atoms with Crippen LogP contribution >= 0.6 is 23.7 Å². The van der Waals surface area contributed by atoms with E-state index in [0.717, 1.165) is 29.0 Å². The number of rotatable bonds is 9. The molecule has 0 saturated heterocycles. The third-order valence-electron chi connectivity index (χ3n) is 3.58. The van der Waals surface area contributed by atoms with Crippen molar-refractivity contribution >= 4 is 34.8 Å². The first-order valence-corrected chi connectivity index (χ1v) is 9.02. The number of aromatic nitrogens is 1. The summed E-state index contributed by atoms with van der Waals surface area (Å²) in [5.41, 5.74) is 3.36. The van der Waals surface area contributed by atoms with Crippen LogP contribution in [0, 0.1) is 6.92 Å². The molecule has 5 nitrogen and oxygen atoms in total. The third kappa shape index (κ3) is 6.74. The highest BCUT2D eigenvalue weighted by Gasteiger charge is 2.12. The molecule has 1 aromatic heterocycles. The van der Waals surface area contributed by atoms with Crippen molar-refractivity contribution in [1.29, 1.82) is 0 Å². The molecule has 1 heterocycles. The van der Waals surface area contributed by atoms with Gasteiger partial charge >= 0.3 is 0 Å². The molecular weight excluding hydrogens is 358 g/mol. The van der Waals surface area contributed by atoms with Gasteiger partial charge in [-0.15, -0.1) is 23.7 Å². The van der Waals surface area contributed by atoms with Gasteiger partial charge in [0.1, 0.15) is 0 Å². The number of anilines is 1. The average Bonchev–Trinajstić information content (AvgIpc) is 2.93. The Kier molecular flexibility index (Phi) is 9.67. The van der Waals surface area contributed by atoms with E-state index in [0.29, 0.717) is 18.3 Å². The number of carbonyl (C=O) groups is 1. The van der Waals surface area contributed by atoms with E-state index in [1.807, 2.05) is 6.92 Å². The van der Waals surface area contributed by atoms with Crippen LogP contribution in [0.5, 0.6) is 0 Å². The van der Waals surface area contributed by atoms with Gasteiger partial charge in [-0.3, -0.25) is 4.79 Å². The number of methoxy groups -OCH3 is 1. The minimum absolute atomic E-state index is 0. The maximum atomic E-state index is 11.9. The number of carbonyl (C=O) groups excluding carboxylic acids is 1. The zero-order valence-corrected chi connectivity index (χ0v) is 16.6. The van der Waals surface area contributed by atoms with Gasteiger partial charge < -0.3 is 15.4 Å². The van der Waals surface area contributed by atoms with Gasteiger partial charge in [-0.1, -0.05) is 37.6 Å². The molecule has 2 N–H and O–H groups in total. The first-order chi connectivity index (χ1) is 11.6. The predicted octanol–water partition coefficient (Wildman–Crippen LogP) is 3.67. The summed E-state index contributed by atoms with van der Waals surface area (Å²) in [6.07, 6.45) is 2.23. The van der Waals surface area contributed by atoms with Gasteiger partial charge in [0.15, 0.2) is 5.13 Å². The fourth-order valence-corrected chi connectivity index (χ4v) is 3.23. The number of halogens is 1. The summed E-state index contributed by atoms with van der Waals surface area (Å²) in [6.45, 7) is 5.69. The Morgan fingerprint density at radius 2 is 2.00 bits per heavy atom. The number of hydrogen-bond donors (Lipinski definition) is 2. The molecule has 25 heavy (non-hydrogen) atoms. The van der Waals surface area contributed by atoms with Gasteiger partial charge in [-0.25, -0.2) is 4.98 Å². The van der Waals surface area contributed by atoms with Crippen LogP contribution in [0.1, 0.15) is 23.8 Å². The van der Waals surface area contributed by atoms with Crippen molar-refractivity contribution in [3.05, 3.63) is 34.7 Å². The van der Waals surface area contributed by atoms with Gasteiger partial charge in [-0.2, -0.15) is 0 Å². The highest BCUT2D eigenvalue weighted by Crippen LogP contribution is 2.30. The highest BCUT2D eigenvalue weighted by molar-refractivity contribution is 7.16. The minimum Gasteiger partial charge on any atom is -0.383 e. The van der Waals surface area contributed by atoms with Crippen LogP contribution in [0.25, 0.3) is 11.3 Å². The number of benzene rings is 1. The number of aryl methyl sites for hydroxylation is 2. The molecule has 138 valence electrons. The van der Waals surface area contributed by atoms with E-state index in [-0.39, 0.29) is 24.9 Å². The molecule has 0 radical (unpaired) electrons. The quantitative estimate of drug-likeness (QED) is 0.648. The molecule has 1 amide bonds. The highest BCUT2D eigenvalue weighted by atomic mass is 35.5. The van der Waals surface area contributed by atoms with E-state index < -0.39 is 0 Å². The van der Waals surface area contributed by atoms with E-state index in [2.05, 4.69) is 46.8 Å². The van der Waals surface area contributed by atoms with Crippen LogP contribution in [0.4, 0.5) is 5.13 Å². The molecule has 0 unspecified atom stereocenters. The van der Waals surface area contributed by atoms with Crippen molar-refractivity contribution in [1.82, 2.24) is 10.3 Å². The van der Waals surface area contributed by atoms with Crippen LogP contribution in [0.3, 0.4) is 0 Å². The van der Waals surface area contributed by atoms with Gasteiger partial charge in [-0.05, 0) is 18.9 Å². The Labute approximate surface area is 159 Å². The summed E-state index contributed by atoms with van der Waals surface area (Å²) in [7, 11) is 1.64. The summed E-state index contributed by atoms with van der Waals surface area (Å²) in [5.74, 6) is -0.0929. The molecular formula is C18H26ClN3O2S. The second-order valence-electron chi connectivity index (χ2n) is 5.59. The molecule has 0 aliphatic carbocycles. The molecule has 0 aliphatic heterocycles. The number of amides is 1. The molecule has 2 aromatic rings. The largest absolute Gasteiger partial charge is 0.383 e. The number of thiazole rings is 1. The Morgan fingerprint density at radius 3 is 2.64 bits per heavy atom. The first-order valence-electron chi connectivity index (χ1n) is 8.20. The zero-order valence-electron chi connectivity index (χ0n) is 14.9. The molecule has 0 fully saturated rings. The number of hydrogen-bond acceptors (Lipinski definition) is 5. The molecule has 2 rings (SSSR count). The van der Waals surface area contributed by atoms with Crippen LogP contribution in [0.2, 0.25) is 0 Å². The monoisotopic (exact) mass is 383 g/mol. The fraction of sp³-hybridized carbons (Fsp3) is 0.444. The second-order valence-corrected chi connectivity index (χ2v) is 6.79. The topological polar surface area (TPSA) is 63.2 Å². The lowest BCUT2D eigenvalue weighted by Crippen LogP contribution is -2.30. The van der Waals surface area contributed by atoms with Gasteiger partial charge in [0.05, 0.1) is 18.8 Å². The number of ether oxygens (including phenoxy) is 1. The lowest BCUT2D eigenvalue weighted by Gasteiger charge is -2.04. The van der Waals surface area contributed by atoms with Crippen LogP contribution in [0.15, 0.2) is 24.3 Å². The summed E-state index contributed by atoms with van der Waals surface area (Å²) in [6, 6.07) is 8.50. The van der Waals surface area contributed by atoms with Crippen molar-refractivity contribution in [3.63, 3.8) is 0 Å². The molecule has 0 bridgehead atoms. The number of nitrogens with zero attached hydrogens (tertiary/aromatic N) is 1.